The minimum atomic E-state index is 0.127. The van der Waals surface area contributed by atoms with E-state index in [2.05, 4.69) is 23.7 Å². The Morgan fingerprint density at radius 1 is 0.571 bits per heavy atom. The van der Waals surface area contributed by atoms with E-state index in [9.17, 15) is 10.2 Å². The molecule has 4 aromatic rings. The first-order valence-electron chi connectivity index (χ1n) is 8.99. The van der Waals surface area contributed by atoms with Gasteiger partial charge in [-0.2, -0.15) is 0 Å². The summed E-state index contributed by atoms with van der Waals surface area (Å²) >= 11 is 0. The van der Waals surface area contributed by atoms with E-state index in [1.165, 1.54) is 0 Å². The van der Waals surface area contributed by atoms with Crippen LogP contribution in [0.1, 0.15) is 25.0 Å². The van der Waals surface area contributed by atoms with Crippen molar-refractivity contribution in [3.63, 3.8) is 0 Å². The van der Waals surface area contributed by atoms with E-state index < -0.39 is 0 Å². The van der Waals surface area contributed by atoms with Crippen LogP contribution in [0.15, 0.2) is 60.7 Å². The lowest BCUT2D eigenvalue weighted by molar-refractivity contribution is 0.470. The maximum absolute atomic E-state index is 10.7. The van der Waals surface area contributed by atoms with E-state index in [0.29, 0.717) is 11.1 Å². The fourth-order valence-electron chi connectivity index (χ4n) is 3.61. The molecule has 0 unspecified atom stereocenters. The molecule has 4 aromatic carbocycles. The van der Waals surface area contributed by atoms with Crippen molar-refractivity contribution in [3.8, 4) is 46.3 Å². The normalized spacial score (nSPS) is 10.2. The SMILES string of the molecule is CC#Cc1ccc2c(-c3c(O)ccc4cc(C#CC)ccc34)c(O)ccc2c1. The largest absolute Gasteiger partial charge is 0.507 e. The Morgan fingerprint density at radius 3 is 1.39 bits per heavy atom. The molecule has 0 atom stereocenters. The van der Waals surface area contributed by atoms with Crippen molar-refractivity contribution in [2.24, 2.45) is 0 Å². The molecular formula is C26H18O2. The van der Waals surface area contributed by atoms with Crippen molar-refractivity contribution in [1.82, 2.24) is 0 Å². The zero-order valence-electron chi connectivity index (χ0n) is 15.7. The average molecular weight is 362 g/mol. The van der Waals surface area contributed by atoms with Crippen LogP contribution in [0, 0.1) is 23.7 Å². The van der Waals surface area contributed by atoms with E-state index in [-0.39, 0.29) is 11.5 Å². The minimum absolute atomic E-state index is 0.127. The summed E-state index contributed by atoms with van der Waals surface area (Å²) in [7, 11) is 0. The topological polar surface area (TPSA) is 40.5 Å². The molecule has 0 bridgehead atoms. The van der Waals surface area contributed by atoms with Gasteiger partial charge in [-0.05, 0) is 71.8 Å². The van der Waals surface area contributed by atoms with E-state index in [0.717, 1.165) is 32.7 Å². The molecule has 0 radical (unpaired) electrons. The Balaban J connectivity index is 2.07. The van der Waals surface area contributed by atoms with Crippen molar-refractivity contribution in [3.05, 3.63) is 71.8 Å². The van der Waals surface area contributed by atoms with Crippen LogP contribution < -0.4 is 0 Å². The van der Waals surface area contributed by atoms with Gasteiger partial charge in [0.25, 0.3) is 0 Å². The van der Waals surface area contributed by atoms with Gasteiger partial charge < -0.3 is 10.2 Å². The number of aromatic hydroxyl groups is 2. The highest BCUT2D eigenvalue weighted by Gasteiger charge is 2.17. The van der Waals surface area contributed by atoms with Crippen molar-refractivity contribution < 1.29 is 10.2 Å². The standard InChI is InChI=1S/C26H18O2/c1-3-5-17-7-11-21-19(15-17)9-13-23(27)25(21)26-22-12-8-18(6-4-2)16-20(22)10-14-24(26)28/h7-16,27-28H,1-2H3. The number of rotatable bonds is 1. The molecule has 0 aliphatic rings. The van der Waals surface area contributed by atoms with Gasteiger partial charge in [0, 0.05) is 22.3 Å². The quantitative estimate of drug-likeness (QED) is 0.419. The molecular weight excluding hydrogens is 344 g/mol. The van der Waals surface area contributed by atoms with E-state index >= 15 is 0 Å². The van der Waals surface area contributed by atoms with E-state index in [1.54, 1.807) is 26.0 Å². The average Bonchev–Trinajstić information content (AvgIpc) is 2.69. The predicted molar refractivity (Wildman–Crippen MR) is 115 cm³/mol. The van der Waals surface area contributed by atoms with Gasteiger partial charge in [-0.15, -0.1) is 11.8 Å². The molecule has 134 valence electrons. The predicted octanol–water partition coefficient (Wildman–Crippen LogP) is 5.81. The van der Waals surface area contributed by atoms with Crippen molar-refractivity contribution >= 4 is 21.5 Å². The number of hydrogen-bond acceptors (Lipinski definition) is 2. The van der Waals surface area contributed by atoms with Gasteiger partial charge in [-0.3, -0.25) is 0 Å². The van der Waals surface area contributed by atoms with Gasteiger partial charge in [-0.1, -0.05) is 36.1 Å². The Hall–Kier alpha value is -3.88. The highest BCUT2D eigenvalue weighted by molar-refractivity contribution is 6.09. The Kier molecular flexibility index (Phi) is 4.40. The highest BCUT2D eigenvalue weighted by atomic mass is 16.3. The number of benzene rings is 4. The lowest BCUT2D eigenvalue weighted by Gasteiger charge is -2.14. The van der Waals surface area contributed by atoms with E-state index in [4.69, 9.17) is 0 Å². The number of phenols is 2. The molecule has 0 aliphatic carbocycles. The molecule has 0 aliphatic heterocycles. The maximum atomic E-state index is 10.7. The molecule has 0 saturated carbocycles. The number of hydrogen-bond donors (Lipinski definition) is 2. The molecule has 2 nitrogen and oxygen atoms in total. The smallest absolute Gasteiger partial charge is 0.124 e. The van der Waals surface area contributed by atoms with Gasteiger partial charge in [0.15, 0.2) is 0 Å². The van der Waals surface area contributed by atoms with Gasteiger partial charge in [-0.25, -0.2) is 0 Å². The summed E-state index contributed by atoms with van der Waals surface area (Å²) in [6, 6.07) is 18.8. The Bertz CT molecular complexity index is 1250. The third kappa shape index (κ3) is 2.92. The van der Waals surface area contributed by atoms with Gasteiger partial charge in [0.2, 0.25) is 0 Å². The van der Waals surface area contributed by atoms with Crippen molar-refractivity contribution in [2.75, 3.05) is 0 Å². The fourth-order valence-corrected chi connectivity index (χ4v) is 3.61. The van der Waals surface area contributed by atoms with E-state index in [1.807, 2.05) is 48.5 Å². The summed E-state index contributed by atoms with van der Waals surface area (Å²) in [4.78, 5) is 0. The Labute approximate surface area is 164 Å². The number of fused-ring (bicyclic) bond motifs is 2. The highest BCUT2D eigenvalue weighted by Crippen LogP contribution is 2.44. The molecule has 28 heavy (non-hydrogen) atoms. The second-order valence-electron chi connectivity index (χ2n) is 6.54. The van der Waals surface area contributed by atoms with Crippen LogP contribution >= 0.6 is 0 Å². The molecule has 2 heteroatoms. The monoisotopic (exact) mass is 362 g/mol. The zero-order valence-corrected chi connectivity index (χ0v) is 15.7. The zero-order chi connectivity index (χ0) is 19.7. The summed E-state index contributed by atoms with van der Waals surface area (Å²) < 4.78 is 0. The second-order valence-corrected chi connectivity index (χ2v) is 6.54. The molecule has 0 aromatic heterocycles. The first-order chi connectivity index (χ1) is 13.6. The Morgan fingerprint density at radius 2 is 1.00 bits per heavy atom. The minimum Gasteiger partial charge on any atom is -0.507 e. The molecule has 0 amide bonds. The lowest BCUT2D eigenvalue weighted by Crippen LogP contribution is -1.88. The summed E-state index contributed by atoms with van der Waals surface area (Å²) in [5, 5.41) is 25.0. The van der Waals surface area contributed by atoms with Crippen LogP contribution in [-0.2, 0) is 0 Å². The fraction of sp³-hybridized carbons (Fsp3) is 0.0769. The van der Waals surface area contributed by atoms with Gasteiger partial charge in [0.05, 0.1) is 0 Å². The molecule has 0 heterocycles. The summed E-state index contributed by atoms with van der Waals surface area (Å²) in [6.07, 6.45) is 0. The van der Waals surface area contributed by atoms with Crippen LogP contribution in [-0.4, -0.2) is 10.2 Å². The first kappa shape index (κ1) is 17.5. The van der Waals surface area contributed by atoms with Crippen LogP contribution in [0.4, 0.5) is 0 Å². The summed E-state index contributed by atoms with van der Waals surface area (Å²) in [5.41, 5.74) is 3.06. The molecule has 0 saturated heterocycles. The van der Waals surface area contributed by atoms with Crippen LogP contribution in [0.2, 0.25) is 0 Å². The molecule has 4 rings (SSSR count). The maximum Gasteiger partial charge on any atom is 0.124 e. The third-order valence-corrected chi connectivity index (χ3v) is 4.78. The van der Waals surface area contributed by atoms with Gasteiger partial charge in [0.1, 0.15) is 11.5 Å². The molecule has 2 N–H and O–H groups in total. The van der Waals surface area contributed by atoms with Crippen LogP contribution in [0.5, 0.6) is 11.5 Å². The van der Waals surface area contributed by atoms with Crippen molar-refractivity contribution in [2.45, 2.75) is 13.8 Å². The van der Waals surface area contributed by atoms with Crippen LogP contribution in [0.3, 0.4) is 0 Å². The number of phenolic OH excluding ortho intramolecular Hbond substituents is 2. The molecule has 0 fully saturated rings. The van der Waals surface area contributed by atoms with Gasteiger partial charge >= 0.3 is 0 Å². The van der Waals surface area contributed by atoms with Crippen molar-refractivity contribution in [1.29, 1.82) is 0 Å². The van der Waals surface area contributed by atoms with Crippen LogP contribution in [0.25, 0.3) is 32.7 Å². The second kappa shape index (κ2) is 7.03. The molecule has 0 spiro atoms. The third-order valence-electron chi connectivity index (χ3n) is 4.78. The summed E-state index contributed by atoms with van der Waals surface area (Å²) in [6.45, 7) is 3.61. The summed E-state index contributed by atoms with van der Waals surface area (Å²) in [5.74, 6) is 12.2. The lowest BCUT2D eigenvalue weighted by atomic mass is 9.91. The first-order valence-corrected chi connectivity index (χ1v) is 8.99.